The summed E-state index contributed by atoms with van der Waals surface area (Å²) in [6.45, 7) is 0. The maximum absolute atomic E-state index is 7.40. The zero-order valence-electron chi connectivity index (χ0n) is 35.7. The van der Waals surface area contributed by atoms with Gasteiger partial charge in [-0.1, -0.05) is 163 Å². The standard InChI is InChI=1S/C57H61N3O/c1-61-56(51-32-16-22-40-21-8-9-27-46(40)51)53(42-24-14-23-41(35-42)38-17-4-2-5-18-38)43-25-15-26-44(36-43)54-47-28-10-12-30-49(47)55(50-31-13-11-29-48(50)54)57(58)60-52-34-33-45(37-59-52)39-19-6-3-7-20-39/h2-9,14,16-24,27,32-37,44,49,52-53,55-57,59-60H,10-13,15,25-26,28-31,58H2,1H3. The average molecular weight is 804 g/mol. The maximum atomic E-state index is 7.40. The number of nitrogens with two attached hydrogens (primary N) is 1. The van der Waals surface area contributed by atoms with Gasteiger partial charge < -0.3 is 15.8 Å². The SMILES string of the molecule is COC(c1cccc2ccccc12)C(C1=CC(C2=C3CCCCC3C(C(N)NC3C=CC(c4ccccc4)=CN3)C3=C2CCCC3)CCC1)c1cccc(-c2ccccc2)c1. The molecule has 1 fully saturated rings. The van der Waals surface area contributed by atoms with Crippen LogP contribution >= 0.6 is 0 Å². The number of nitrogens with one attached hydrogen (secondary N) is 2. The molecule has 310 valence electrons. The molecule has 0 aromatic heterocycles. The number of methoxy groups -OCH3 is 1. The first kappa shape index (κ1) is 39.9. The summed E-state index contributed by atoms with van der Waals surface area (Å²) < 4.78 is 6.75. The number of ether oxygens (including phenoxy) is 1. The van der Waals surface area contributed by atoms with Crippen molar-refractivity contribution in [2.75, 3.05) is 7.11 Å². The summed E-state index contributed by atoms with van der Waals surface area (Å²) in [6.07, 6.45) is 22.4. The van der Waals surface area contributed by atoms with Gasteiger partial charge in [-0.2, -0.15) is 0 Å². The summed E-state index contributed by atoms with van der Waals surface area (Å²) in [4.78, 5) is 0. The van der Waals surface area contributed by atoms with E-state index in [1.165, 1.54) is 114 Å². The quantitative estimate of drug-likeness (QED) is 0.0919. The van der Waals surface area contributed by atoms with Gasteiger partial charge in [0.15, 0.2) is 0 Å². The molecule has 10 rings (SSSR count). The Kier molecular flexibility index (Phi) is 11.8. The number of hydrogen-bond acceptors (Lipinski definition) is 4. The van der Waals surface area contributed by atoms with Crippen LogP contribution in [0.3, 0.4) is 0 Å². The summed E-state index contributed by atoms with van der Waals surface area (Å²) in [6, 6.07) is 46.3. The number of allylic oxidation sites excluding steroid dienone is 6. The van der Waals surface area contributed by atoms with Gasteiger partial charge in [0, 0.05) is 31.1 Å². The maximum Gasteiger partial charge on any atom is 0.0971 e. The normalized spacial score (nSPS) is 24.2. The summed E-state index contributed by atoms with van der Waals surface area (Å²) in [5, 5.41) is 10.0. The second kappa shape index (κ2) is 18.0. The fourth-order valence-corrected chi connectivity index (χ4v) is 12.0. The first-order valence-corrected chi connectivity index (χ1v) is 23.2. The molecule has 1 aliphatic heterocycles. The summed E-state index contributed by atoms with van der Waals surface area (Å²) in [5.41, 5.74) is 23.2. The van der Waals surface area contributed by atoms with Gasteiger partial charge in [0.1, 0.15) is 0 Å². The second-order valence-corrected chi connectivity index (χ2v) is 18.1. The van der Waals surface area contributed by atoms with Crippen LogP contribution in [0.15, 0.2) is 180 Å². The highest BCUT2D eigenvalue weighted by Gasteiger charge is 2.44. The molecule has 4 aliphatic carbocycles. The van der Waals surface area contributed by atoms with Crippen LogP contribution < -0.4 is 16.4 Å². The van der Waals surface area contributed by atoms with Crippen LogP contribution in [0.2, 0.25) is 0 Å². The molecule has 7 atom stereocenters. The van der Waals surface area contributed by atoms with Crippen molar-refractivity contribution < 1.29 is 4.74 Å². The van der Waals surface area contributed by atoms with Gasteiger partial charge in [0.05, 0.1) is 18.4 Å². The van der Waals surface area contributed by atoms with E-state index in [1.54, 1.807) is 22.3 Å². The molecule has 5 aromatic carbocycles. The minimum Gasteiger partial charge on any atom is -0.376 e. The van der Waals surface area contributed by atoms with E-state index >= 15 is 0 Å². The Hall–Kier alpha value is -5.26. The van der Waals surface area contributed by atoms with Crippen LogP contribution in [0, 0.1) is 17.8 Å². The first-order chi connectivity index (χ1) is 30.1. The molecule has 5 aliphatic rings. The summed E-state index contributed by atoms with van der Waals surface area (Å²) in [5.74, 6) is 1.30. The van der Waals surface area contributed by atoms with E-state index < -0.39 is 0 Å². The Morgan fingerprint density at radius 3 is 2.23 bits per heavy atom. The van der Waals surface area contributed by atoms with Crippen molar-refractivity contribution in [3.05, 3.63) is 196 Å². The molecular weight excluding hydrogens is 743 g/mol. The molecule has 61 heavy (non-hydrogen) atoms. The first-order valence-electron chi connectivity index (χ1n) is 23.2. The largest absolute Gasteiger partial charge is 0.376 e. The van der Waals surface area contributed by atoms with Crippen molar-refractivity contribution in [2.24, 2.45) is 23.5 Å². The zero-order valence-corrected chi connectivity index (χ0v) is 35.7. The predicted molar refractivity (Wildman–Crippen MR) is 253 cm³/mol. The van der Waals surface area contributed by atoms with E-state index in [4.69, 9.17) is 10.5 Å². The second-order valence-electron chi connectivity index (χ2n) is 18.1. The van der Waals surface area contributed by atoms with Crippen LogP contribution in [0.5, 0.6) is 0 Å². The highest BCUT2D eigenvalue weighted by Crippen LogP contribution is 2.55. The molecule has 1 heterocycles. The van der Waals surface area contributed by atoms with Crippen molar-refractivity contribution in [3.63, 3.8) is 0 Å². The number of dihydropyridines is 1. The third-order valence-corrected chi connectivity index (χ3v) is 14.6. The van der Waals surface area contributed by atoms with E-state index in [9.17, 15) is 0 Å². The molecule has 0 radical (unpaired) electrons. The Morgan fingerprint density at radius 2 is 1.41 bits per heavy atom. The van der Waals surface area contributed by atoms with Gasteiger partial charge in [0.2, 0.25) is 0 Å². The molecule has 7 unspecified atom stereocenters. The fourth-order valence-electron chi connectivity index (χ4n) is 12.0. The third-order valence-electron chi connectivity index (χ3n) is 14.6. The Labute approximate surface area is 363 Å². The molecule has 4 N–H and O–H groups in total. The lowest BCUT2D eigenvalue weighted by Gasteiger charge is -2.47. The molecule has 5 aromatic rings. The Morgan fingerprint density at radius 1 is 0.689 bits per heavy atom. The van der Waals surface area contributed by atoms with Crippen LogP contribution in [-0.4, -0.2) is 19.4 Å². The highest BCUT2D eigenvalue weighted by atomic mass is 16.5. The van der Waals surface area contributed by atoms with Crippen LogP contribution in [-0.2, 0) is 4.74 Å². The zero-order chi connectivity index (χ0) is 41.1. The Bertz CT molecular complexity index is 2500. The lowest BCUT2D eigenvalue weighted by atomic mass is 9.60. The van der Waals surface area contributed by atoms with Gasteiger partial charge in [-0.25, -0.2) is 0 Å². The van der Waals surface area contributed by atoms with Gasteiger partial charge in [-0.05, 0) is 132 Å². The van der Waals surface area contributed by atoms with E-state index in [0.717, 1.165) is 6.42 Å². The minimum atomic E-state index is -0.132. The molecule has 4 nitrogen and oxygen atoms in total. The van der Waals surface area contributed by atoms with Crippen molar-refractivity contribution in [2.45, 2.75) is 95.0 Å². The van der Waals surface area contributed by atoms with E-state index in [0.29, 0.717) is 17.8 Å². The summed E-state index contributed by atoms with van der Waals surface area (Å²) in [7, 11) is 1.92. The molecule has 0 spiro atoms. The number of rotatable bonds is 11. The van der Waals surface area contributed by atoms with Gasteiger partial charge in [0.25, 0.3) is 0 Å². The highest BCUT2D eigenvalue weighted by molar-refractivity contribution is 5.86. The lowest BCUT2D eigenvalue weighted by molar-refractivity contribution is 0.0877. The summed E-state index contributed by atoms with van der Waals surface area (Å²) >= 11 is 0. The molecule has 0 amide bonds. The van der Waals surface area contributed by atoms with Crippen molar-refractivity contribution in [1.29, 1.82) is 0 Å². The Balaban J connectivity index is 1.02. The molecule has 0 bridgehead atoms. The van der Waals surface area contributed by atoms with E-state index in [-0.39, 0.29) is 24.4 Å². The van der Waals surface area contributed by atoms with Crippen molar-refractivity contribution >= 4 is 16.3 Å². The van der Waals surface area contributed by atoms with E-state index in [1.807, 2.05) is 7.11 Å². The molecule has 1 saturated carbocycles. The van der Waals surface area contributed by atoms with Gasteiger partial charge >= 0.3 is 0 Å². The van der Waals surface area contributed by atoms with Crippen LogP contribution in [0.25, 0.3) is 27.5 Å². The van der Waals surface area contributed by atoms with Crippen LogP contribution in [0.1, 0.15) is 99.3 Å². The smallest absolute Gasteiger partial charge is 0.0971 e. The third kappa shape index (κ3) is 8.03. The lowest BCUT2D eigenvalue weighted by Crippen LogP contribution is -2.55. The van der Waals surface area contributed by atoms with Gasteiger partial charge in [-0.3, -0.25) is 5.32 Å². The predicted octanol–water partition coefficient (Wildman–Crippen LogP) is 13.1. The molecule has 0 saturated heterocycles. The minimum absolute atomic E-state index is 0.00384. The number of benzene rings is 5. The topological polar surface area (TPSA) is 59.3 Å². The van der Waals surface area contributed by atoms with Crippen molar-refractivity contribution in [1.82, 2.24) is 10.6 Å². The molecular formula is C57H61N3O. The fraction of sp³-hybridized carbons (Fsp3) is 0.333. The monoisotopic (exact) mass is 803 g/mol. The number of fused-ring (bicyclic) bond motifs is 2. The number of hydrogen-bond donors (Lipinski definition) is 3. The average Bonchev–Trinajstić information content (AvgIpc) is 3.33. The van der Waals surface area contributed by atoms with Crippen LogP contribution in [0.4, 0.5) is 0 Å². The molecule has 4 heteroatoms. The van der Waals surface area contributed by atoms with E-state index in [2.05, 4.69) is 162 Å². The van der Waals surface area contributed by atoms with Crippen molar-refractivity contribution in [3.8, 4) is 11.1 Å². The van der Waals surface area contributed by atoms with Gasteiger partial charge in [-0.15, -0.1) is 0 Å².